The third kappa shape index (κ3) is 5.89. The highest BCUT2D eigenvalue weighted by Gasteiger charge is 2.26. The Morgan fingerprint density at radius 1 is 1.11 bits per heavy atom. The Kier molecular flexibility index (Phi) is 8.14. The van der Waals surface area contributed by atoms with E-state index < -0.39 is 6.04 Å². The number of para-hydroxylation sites is 2. The second-order valence-corrected chi connectivity index (χ2v) is 6.59. The van der Waals surface area contributed by atoms with Crippen molar-refractivity contribution in [3.8, 4) is 11.5 Å². The highest BCUT2D eigenvalue weighted by atomic mass is 35.5. The number of halogens is 1. The van der Waals surface area contributed by atoms with E-state index in [-0.39, 0.29) is 25.0 Å². The zero-order chi connectivity index (χ0) is 20.5. The Morgan fingerprint density at radius 3 is 2.36 bits per heavy atom. The average molecular weight is 405 g/mol. The lowest BCUT2D eigenvalue weighted by atomic mass is 10.1. The normalized spacial score (nSPS) is 11.4. The summed E-state index contributed by atoms with van der Waals surface area (Å²) in [5.41, 5.74) is 0.867. The van der Waals surface area contributed by atoms with Crippen LogP contribution in [0.4, 0.5) is 0 Å². The molecule has 0 unspecified atom stereocenters. The minimum Gasteiger partial charge on any atom is -0.493 e. The van der Waals surface area contributed by atoms with Gasteiger partial charge in [-0.1, -0.05) is 35.9 Å². The predicted octanol–water partition coefficient (Wildman–Crippen LogP) is 3.28. The quantitative estimate of drug-likeness (QED) is 0.696. The molecular formula is C21H25ClN2O4. The number of carbonyl (C=O) groups is 2. The molecule has 1 atom stereocenters. The number of rotatable bonds is 9. The molecule has 7 heteroatoms. The van der Waals surface area contributed by atoms with Crippen molar-refractivity contribution in [2.45, 2.75) is 26.4 Å². The first-order chi connectivity index (χ1) is 13.5. The molecule has 0 aliphatic heterocycles. The maximum absolute atomic E-state index is 12.9. The number of nitrogens with zero attached hydrogens (tertiary/aromatic N) is 1. The minimum atomic E-state index is -0.649. The van der Waals surface area contributed by atoms with Gasteiger partial charge >= 0.3 is 0 Å². The van der Waals surface area contributed by atoms with Gasteiger partial charge in [0, 0.05) is 18.1 Å². The number of hydrogen-bond donors (Lipinski definition) is 1. The summed E-state index contributed by atoms with van der Waals surface area (Å²) >= 11 is 5.93. The number of methoxy groups -OCH3 is 1. The fraction of sp³-hybridized carbons (Fsp3) is 0.333. The fourth-order valence-electron chi connectivity index (χ4n) is 2.65. The van der Waals surface area contributed by atoms with Crippen LogP contribution in [0.3, 0.4) is 0 Å². The van der Waals surface area contributed by atoms with Crippen molar-refractivity contribution in [1.82, 2.24) is 10.2 Å². The number of likely N-dealkylation sites (N-methyl/N-ethyl adjacent to an activating group) is 1. The van der Waals surface area contributed by atoms with Crippen molar-refractivity contribution in [2.75, 3.05) is 20.3 Å². The molecule has 2 amide bonds. The average Bonchev–Trinajstić information content (AvgIpc) is 2.71. The zero-order valence-electron chi connectivity index (χ0n) is 16.3. The smallest absolute Gasteiger partial charge is 0.261 e. The maximum atomic E-state index is 12.9. The van der Waals surface area contributed by atoms with E-state index in [1.165, 1.54) is 12.0 Å². The van der Waals surface area contributed by atoms with E-state index in [9.17, 15) is 9.59 Å². The molecule has 150 valence electrons. The highest BCUT2D eigenvalue weighted by molar-refractivity contribution is 6.30. The molecule has 2 aromatic rings. The summed E-state index contributed by atoms with van der Waals surface area (Å²) in [6.07, 6.45) is 0. The van der Waals surface area contributed by atoms with E-state index in [1.54, 1.807) is 37.3 Å². The van der Waals surface area contributed by atoms with E-state index in [0.29, 0.717) is 23.1 Å². The summed E-state index contributed by atoms with van der Waals surface area (Å²) in [5.74, 6) is 0.480. The lowest BCUT2D eigenvalue weighted by Crippen LogP contribution is -2.49. The van der Waals surface area contributed by atoms with Crippen molar-refractivity contribution in [3.63, 3.8) is 0 Å². The summed E-state index contributed by atoms with van der Waals surface area (Å²) in [6.45, 7) is 4.08. The first-order valence-electron chi connectivity index (χ1n) is 9.03. The number of benzene rings is 2. The van der Waals surface area contributed by atoms with Crippen LogP contribution in [0.25, 0.3) is 0 Å². The van der Waals surface area contributed by atoms with Gasteiger partial charge in [0.25, 0.3) is 5.91 Å². The van der Waals surface area contributed by atoms with Gasteiger partial charge in [-0.15, -0.1) is 0 Å². The largest absolute Gasteiger partial charge is 0.493 e. The van der Waals surface area contributed by atoms with Gasteiger partial charge < -0.3 is 19.7 Å². The molecule has 0 saturated heterocycles. The minimum absolute atomic E-state index is 0.211. The molecule has 0 bridgehead atoms. The standard InChI is InChI=1S/C21H25ClN2O4/c1-4-23-21(26)15(2)24(13-16-9-11-17(22)12-10-16)20(25)14-28-19-8-6-5-7-18(19)27-3/h5-12,15H,4,13-14H2,1-3H3,(H,23,26)/t15-/m1/s1. The van der Waals surface area contributed by atoms with Crippen molar-refractivity contribution in [1.29, 1.82) is 0 Å². The van der Waals surface area contributed by atoms with Crippen LogP contribution in [-0.4, -0.2) is 43.0 Å². The van der Waals surface area contributed by atoms with Gasteiger partial charge in [-0.25, -0.2) is 0 Å². The summed E-state index contributed by atoms with van der Waals surface area (Å²) in [4.78, 5) is 26.7. The van der Waals surface area contributed by atoms with Gasteiger partial charge in [0.05, 0.1) is 7.11 Å². The van der Waals surface area contributed by atoms with E-state index in [1.807, 2.05) is 25.1 Å². The molecular weight excluding hydrogens is 380 g/mol. The molecule has 0 spiro atoms. The molecule has 6 nitrogen and oxygen atoms in total. The van der Waals surface area contributed by atoms with Crippen LogP contribution in [0.5, 0.6) is 11.5 Å². The number of nitrogens with one attached hydrogen (secondary N) is 1. The van der Waals surface area contributed by atoms with Gasteiger partial charge in [-0.2, -0.15) is 0 Å². The van der Waals surface area contributed by atoms with E-state index in [0.717, 1.165) is 5.56 Å². The molecule has 0 aromatic heterocycles. The van der Waals surface area contributed by atoms with Crippen molar-refractivity contribution in [2.24, 2.45) is 0 Å². The summed E-state index contributed by atoms with van der Waals surface area (Å²) < 4.78 is 10.9. The molecule has 2 rings (SSSR count). The number of amides is 2. The Hall–Kier alpha value is -2.73. The van der Waals surface area contributed by atoms with Crippen molar-refractivity contribution >= 4 is 23.4 Å². The van der Waals surface area contributed by atoms with Gasteiger partial charge in [0.15, 0.2) is 18.1 Å². The summed E-state index contributed by atoms with van der Waals surface area (Å²) in [6, 6.07) is 13.6. The summed E-state index contributed by atoms with van der Waals surface area (Å²) in [7, 11) is 1.54. The van der Waals surface area contributed by atoms with Crippen LogP contribution in [0.15, 0.2) is 48.5 Å². The lowest BCUT2D eigenvalue weighted by Gasteiger charge is -2.28. The monoisotopic (exact) mass is 404 g/mol. The van der Waals surface area contributed by atoms with Crippen LogP contribution in [0.1, 0.15) is 19.4 Å². The topological polar surface area (TPSA) is 67.9 Å². The van der Waals surface area contributed by atoms with E-state index in [4.69, 9.17) is 21.1 Å². The molecule has 0 fully saturated rings. The van der Waals surface area contributed by atoms with Gasteiger partial charge in [0.1, 0.15) is 6.04 Å². The molecule has 0 aliphatic carbocycles. The lowest BCUT2D eigenvalue weighted by molar-refractivity contribution is -0.142. The Balaban J connectivity index is 2.15. The third-order valence-electron chi connectivity index (χ3n) is 4.20. The van der Waals surface area contributed by atoms with E-state index >= 15 is 0 Å². The Labute approximate surface area is 170 Å². The molecule has 0 aliphatic rings. The molecule has 0 heterocycles. The maximum Gasteiger partial charge on any atom is 0.261 e. The number of carbonyl (C=O) groups excluding carboxylic acids is 2. The molecule has 1 N–H and O–H groups in total. The van der Waals surface area contributed by atoms with E-state index in [2.05, 4.69) is 5.32 Å². The van der Waals surface area contributed by atoms with Crippen molar-refractivity contribution in [3.05, 3.63) is 59.1 Å². The SMILES string of the molecule is CCNC(=O)[C@@H](C)N(Cc1ccc(Cl)cc1)C(=O)COc1ccccc1OC. The highest BCUT2D eigenvalue weighted by Crippen LogP contribution is 2.25. The molecule has 2 aromatic carbocycles. The number of hydrogen-bond acceptors (Lipinski definition) is 4. The second kappa shape index (κ2) is 10.6. The van der Waals surface area contributed by atoms with Crippen molar-refractivity contribution < 1.29 is 19.1 Å². The Morgan fingerprint density at radius 2 is 1.75 bits per heavy atom. The van der Waals surface area contributed by atoms with Crippen LogP contribution >= 0.6 is 11.6 Å². The van der Waals surface area contributed by atoms with Gasteiger partial charge in [0.2, 0.25) is 5.91 Å². The van der Waals surface area contributed by atoms with Crippen LogP contribution < -0.4 is 14.8 Å². The summed E-state index contributed by atoms with van der Waals surface area (Å²) in [5, 5.41) is 3.36. The number of ether oxygens (including phenoxy) is 2. The third-order valence-corrected chi connectivity index (χ3v) is 4.46. The Bertz CT molecular complexity index is 795. The van der Waals surface area contributed by atoms with Crippen LogP contribution in [-0.2, 0) is 16.1 Å². The fourth-order valence-corrected chi connectivity index (χ4v) is 2.78. The van der Waals surface area contributed by atoms with Gasteiger partial charge in [-0.3, -0.25) is 9.59 Å². The predicted molar refractivity (Wildman–Crippen MR) is 109 cm³/mol. The van der Waals surface area contributed by atoms with Crippen LogP contribution in [0, 0.1) is 0 Å². The molecule has 0 radical (unpaired) electrons. The first kappa shape index (κ1) is 21.6. The zero-order valence-corrected chi connectivity index (χ0v) is 17.0. The molecule has 0 saturated carbocycles. The second-order valence-electron chi connectivity index (χ2n) is 6.16. The first-order valence-corrected chi connectivity index (χ1v) is 9.41. The molecule has 28 heavy (non-hydrogen) atoms. The van der Waals surface area contributed by atoms with Crippen LogP contribution in [0.2, 0.25) is 5.02 Å². The van der Waals surface area contributed by atoms with Gasteiger partial charge in [-0.05, 0) is 43.7 Å².